The van der Waals surface area contributed by atoms with Crippen LogP contribution in [0.15, 0.2) is 47.3 Å². The van der Waals surface area contributed by atoms with Gasteiger partial charge in [-0.05, 0) is 42.9 Å². The molecule has 0 N–H and O–H groups in total. The number of nitrogens with zero attached hydrogens (tertiary/aromatic N) is 3. The quantitative estimate of drug-likeness (QED) is 0.676. The van der Waals surface area contributed by atoms with Crippen LogP contribution >= 0.6 is 0 Å². The van der Waals surface area contributed by atoms with Gasteiger partial charge < -0.3 is 14.4 Å². The highest BCUT2D eigenvalue weighted by molar-refractivity contribution is 5.98. The highest BCUT2D eigenvalue weighted by Gasteiger charge is 2.36. The van der Waals surface area contributed by atoms with E-state index < -0.39 is 0 Å². The van der Waals surface area contributed by atoms with Gasteiger partial charge in [-0.25, -0.2) is 0 Å². The van der Waals surface area contributed by atoms with Crippen molar-refractivity contribution in [3.05, 3.63) is 69.6 Å². The number of carbonyl (C=O) groups excluding carboxylic acids is 2. The Morgan fingerprint density at radius 2 is 1.81 bits per heavy atom. The Hall–Kier alpha value is -2.89. The minimum absolute atomic E-state index is 0.0755. The Kier molecular flexibility index (Phi) is 5.38. The molecule has 0 saturated carbocycles. The van der Waals surface area contributed by atoms with E-state index in [1.54, 1.807) is 6.07 Å². The summed E-state index contributed by atoms with van der Waals surface area (Å²) < 4.78 is 1.90. The largest absolute Gasteiger partial charge is 0.342 e. The number of fused-ring (bicyclic) bond motifs is 5. The molecule has 31 heavy (non-hydrogen) atoms. The smallest absolute Gasteiger partial charge is 0.254 e. The number of benzene rings is 1. The number of carbonyl (C=O) groups is 2. The minimum Gasteiger partial charge on any atom is -0.342 e. The lowest BCUT2D eigenvalue weighted by Gasteiger charge is -2.42. The average Bonchev–Trinajstić information content (AvgIpc) is 3.10. The van der Waals surface area contributed by atoms with Crippen molar-refractivity contribution < 1.29 is 9.59 Å². The second-order valence-electron chi connectivity index (χ2n) is 9.19. The van der Waals surface area contributed by atoms with Gasteiger partial charge in [-0.15, -0.1) is 0 Å². The van der Waals surface area contributed by atoms with Crippen LogP contribution in [0.2, 0.25) is 0 Å². The number of likely N-dealkylation sites (tertiary alicyclic amines) is 1. The van der Waals surface area contributed by atoms with E-state index in [-0.39, 0.29) is 23.3 Å². The second-order valence-corrected chi connectivity index (χ2v) is 9.19. The molecule has 2 aromatic rings. The van der Waals surface area contributed by atoms with Gasteiger partial charge in [0, 0.05) is 62.4 Å². The Morgan fingerprint density at radius 3 is 2.68 bits per heavy atom. The van der Waals surface area contributed by atoms with Crippen LogP contribution < -0.4 is 5.56 Å². The zero-order valence-electron chi connectivity index (χ0n) is 17.8. The molecule has 2 amide bonds. The molecule has 162 valence electrons. The van der Waals surface area contributed by atoms with Crippen molar-refractivity contribution in [2.24, 2.45) is 5.92 Å². The summed E-state index contributed by atoms with van der Waals surface area (Å²) >= 11 is 0. The van der Waals surface area contributed by atoms with Crippen LogP contribution in [-0.4, -0.2) is 45.8 Å². The minimum atomic E-state index is 0.0755. The van der Waals surface area contributed by atoms with Crippen molar-refractivity contribution in [3.63, 3.8) is 0 Å². The summed E-state index contributed by atoms with van der Waals surface area (Å²) in [6.45, 7) is 3.66. The van der Waals surface area contributed by atoms with Crippen LogP contribution in [0.3, 0.4) is 0 Å². The maximum atomic E-state index is 12.8. The normalized spacial score (nSPS) is 21.7. The molecule has 1 aromatic heterocycles. The predicted octanol–water partition coefficient (Wildman–Crippen LogP) is 3.01. The summed E-state index contributed by atoms with van der Waals surface area (Å²) in [5.41, 5.74) is 3.10. The number of aromatic nitrogens is 1. The molecule has 3 aliphatic rings. The molecular weight excluding hydrogens is 390 g/mol. The van der Waals surface area contributed by atoms with E-state index >= 15 is 0 Å². The van der Waals surface area contributed by atoms with E-state index in [4.69, 9.17) is 0 Å². The molecule has 0 radical (unpaired) electrons. The molecule has 2 bridgehead atoms. The van der Waals surface area contributed by atoms with Crippen LogP contribution in [0.25, 0.3) is 0 Å². The first-order valence-corrected chi connectivity index (χ1v) is 11.4. The highest BCUT2D eigenvalue weighted by Crippen LogP contribution is 2.35. The third-order valence-electron chi connectivity index (χ3n) is 7.05. The van der Waals surface area contributed by atoms with Crippen LogP contribution in [0, 0.1) is 5.92 Å². The highest BCUT2D eigenvalue weighted by atomic mass is 16.2. The van der Waals surface area contributed by atoms with Gasteiger partial charge in [0.15, 0.2) is 0 Å². The summed E-state index contributed by atoms with van der Waals surface area (Å²) in [5.74, 6) is 1.00. The lowest BCUT2D eigenvalue weighted by molar-refractivity contribution is -0.134. The zero-order valence-corrected chi connectivity index (χ0v) is 17.8. The topological polar surface area (TPSA) is 62.6 Å². The Balaban J connectivity index is 1.08. The molecule has 5 rings (SSSR count). The molecule has 2 unspecified atom stereocenters. The fraction of sp³-hybridized carbons (Fsp3) is 0.480. The number of rotatable bonds is 6. The second kappa shape index (κ2) is 8.33. The van der Waals surface area contributed by atoms with Crippen molar-refractivity contribution in [2.75, 3.05) is 19.6 Å². The molecule has 3 aliphatic heterocycles. The standard InChI is InChI=1S/C25H29N3O3/c29-23(10-2-1-5-12-26-16-19-7-3-4-8-21(19)25(26)31)27-14-18-13-20(17-27)22-9-6-11-24(30)28(22)15-18/h3-4,6-9,11,18,20H,1-2,5,10,12-17H2. The number of unbranched alkanes of at least 4 members (excludes halogenated alkanes) is 2. The van der Waals surface area contributed by atoms with Crippen LogP contribution in [0.5, 0.6) is 0 Å². The van der Waals surface area contributed by atoms with Gasteiger partial charge in [0.05, 0.1) is 0 Å². The molecular formula is C25H29N3O3. The molecule has 0 aliphatic carbocycles. The van der Waals surface area contributed by atoms with E-state index in [0.29, 0.717) is 18.9 Å². The van der Waals surface area contributed by atoms with Gasteiger partial charge in [0.2, 0.25) is 5.91 Å². The molecule has 6 heteroatoms. The van der Waals surface area contributed by atoms with Crippen molar-refractivity contribution in [2.45, 2.75) is 51.1 Å². The van der Waals surface area contributed by atoms with Gasteiger partial charge in [-0.2, -0.15) is 0 Å². The monoisotopic (exact) mass is 419 g/mol. The van der Waals surface area contributed by atoms with E-state index in [0.717, 1.165) is 68.7 Å². The average molecular weight is 420 g/mol. The number of piperidine rings is 1. The Bertz CT molecular complexity index is 1060. The summed E-state index contributed by atoms with van der Waals surface area (Å²) in [4.78, 5) is 41.3. The van der Waals surface area contributed by atoms with Crippen molar-refractivity contribution in [3.8, 4) is 0 Å². The van der Waals surface area contributed by atoms with Gasteiger partial charge in [0.1, 0.15) is 0 Å². The van der Waals surface area contributed by atoms with Crippen LogP contribution in [0.1, 0.15) is 59.6 Å². The first-order valence-electron chi connectivity index (χ1n) is 11.4. The first kappa shape index (κ1) is 20.0. The molecule has 1 fully saturated rings. The van der Waals surface area contributed by atoms with Crippen LogP contribution in [-0.2, 0) is 17.9 Å². The predicted molar refractivity (Wildman–Crippen MR) is 118 cm³/mol. The lowest BCUT2D eigenvalue weighted by atomic mass is 9.83. The summed E-state index contributed by atoms with van der Waals surface area (Å²) in [5, 5.41) is 0. The third-order valence-corrected chi connectivity index (χ3v) is 7.05. The van der Waals surface area contributed by atoms with E-state index in [1.165, 1.54) is 0 Å². The fourth-order valence-corrected chi connectivity index (χ4v) is 5.51. The summed E-state index contributed by atoms with van der Waals surface area (Å²) in [7, 11) is 0. The van der Waals surface area contributed by atoms with Crippen molar-refractivity contribution >= 4 is 11.8 Å². The maximum absolute atomic E-state index is 12.8. The van der Waals surface area contributed by atoms with E-state index in [1.807, 2.05) is 50.8 Å². The van der Waals surface area contributed by atoms with Gasteiger partial charge >= 0.3 is 0 Å². The number of amides is 2. The van der Waals surface area contributed by atoms with Gasteiger partial charge in [-0.1, -0.05) is 30.7 Å². The molecule has 6 nitrogen and oxygen atoms in total. The van der Waals surface area contributed by atoms with Gasteiger partial charge in [0.25, 0.3) is 11.5 Å². The van der Waals surface area contributed by atoms with E-state index in [9.17, 15) is 14.4 Å². The fourth-order valence-electron chi connectivity index (χ4n) is 5.51. The SMILES string of the molecule is O=C(CCCCCN1Cc2ccccc2C1=O)N1CC2CC(C1)c1cccc(=O)n1C2. The van der Waals surface area contributed by atoms with Crippen molar-refractivity contribution in [1.82, 2.24) is 14.4 Å². The number of pyridine rings is 1. The third kappa shape index (κ3) is 3.91. The zero-order chi connectivity index (χ0) is 21.4. The number of hydrogen-bond acceptors (Lipinski definition) is 3. The Labute approximate surface area is 182 Å². The Morgan fingerprint density at radius 1 is 0.935 bits per heavy atom. The summed E-state index contributed by atoms with van der Waals surface area (Å²) in [6.07, 6.45) is 4.36. The summed E-state index contributed by atoms with van der Waals surface area (Å²) in [6, 6.07) is 13.3. The molecule has 4 heterocycles. The molecule has 1 saturated heterocycles. The first-order chi connectivity index (χ1) is 15.1. The number of hydrogen-bond donors (Lipinski definition) is 0. The molecule has 1 aromatic carbocycles. The van der Waals surface area contributed by atoms with Crippen LogP contribution in [0.4, 0.5) is 0 Å². The van der Waals surface area contributed by atoms with Gasteiger partial charge in [-0.3, -0.25) is 14.4 Å². The molecule has 0 spiro atoms. The lowest BCUT2D eigenvalue weighted by Crippen LogP contribution is -2.49. The molecule has 2 atom stereocenters. The van der Waals surface area contributed by atoms with E-state index in [2.05, 4.69) is 0 Å². The maximum Gasteiger partial charge on any atom is 0.254 e. The van der Waals surface area contributed by atoms with Crippen molar-refractivity contribution in [1.29, 1.82) is 0 Å².